The van der Waals surface area contributed by atoms with Gasteiger partial charge in [0, 0.05) is 0 Å². The van der Waals surface area contributed by atoms with E-state index in [-0.39, 0.29) is 17.9 Å². The van der Waals surface area contributed by atoms with Gasteiger partial charge >= 0.3 is 0 Å². The SMILES string of the molecule is C[C@H](N[C@H]1C[C@H](c2ccccc2)C[C@H](c2ccccc2)NC1=O)C(N)=O. The molecule has 0 aromatic heterocycles. The Kier molecular flexibility index (Phi) is 5.68. The van der Waals surface area contributed by atoms with Crippen LogP contribution >= 0.6 is 0 Å². The van der Waals surface area contributed by atoms with Gasteiger partial charge in [0.05, 0.1) is 18.1 Å². The molecule has 0 radical (unpaired) electrons. The smallest absolute Gasteiger partial charge is 0.237 e. The highest BCUT2D eigenvalue weighted by molar-refractivity contribution is 5.85. The van der Waals surface area contributed by atoms with Crippen LogP contribution in [-0.2, 0) is 9.59 Å². The number of hydrogen-bond donors (Lipinski definition) is 3. The number of carbonyl (C=O) groups excluding carboxylic acids is 2. The van der Waals surface area contributed by atoms with Gasteiger partial charge in [-0.3, -0.25) is 14.9 Å². The molecule has 3 rings (SSSR count). The number of hydrogen-bond acceptors (Lipinski definition) is 3. The van der Waals surface area contributed by atoms with Crippen LogP contribution in [0.2, 0.25) is 0 Å². The molecule has 4 N–H and O–H groups in total. The second kappa shape index (κ2) is 8.15. The number of benzene rings is 2. The van der Waals surface area contributed by atoms with Gasteiger partial charge in [-0.15, -0.1) is 0 Å². The van der Waals surface area contributed by atoms with Crippen molar-refractivity contribution in [2.45, 2.75) is 43.8 Å². The van der Waals surface area contributed by atoms with Crippen molar-refractivity contribution in [3.05, 3.63) is 71.8 Å². The van der Waals surface area contributed by atoms with Crippen LogP contribution < -0.4 is 16.4 Å². The fraction of sp³-hybridized carbons (Fsp3) is 0.333. The molecular formula is C21H25N3O2. The maximum absolute atomic E-state index is 12.8. The fourth-order valence-corrected chi connectivity index (χ4v) is 3.53. The van der Waals surface area contributed by atoms with E-state index in [1.807, 2.05) is 48.5 Å². The summed E-state index contributed by atoms with van der Waals surface area (Å²) in [4.78, 5) is 24.2. The largest absolute Gasteiger partial charge is 0.368 e. The van der Waals surface area contributed by atoms with Crippen molar-refractivity contribution in [3.8, 4) is 0 Å². The lowest BCUT2D eigenvalue weighted by Crippen LogP contribution is -2.51. The molecular weight excluding hydrogens is 326 g/mol. The van der Waals surface area contributed by atoms with Crippen LogP contribution in [0.15, 0.2) is 60.7 Å². The minimum absolute atomic E-state index is 0.0652. The predicted molar refractivity (Wildman–Crippen MR) is 101 cm³/mol. The molecule has 4 atom stereocenters. The van der Waals surface area contributed by atoms with Gasteiger partial charge in [-0.2, -0.15) is 0 Å². The topological polar surface area (TPSA) is 84.2 Å². The van der Waals surface area contributed by atoms with Crippen molar-refractivity contribution in [3.63, 3.8) is 0 Å². The molecule has 26 heavy (non-hydrogen) atoms. The summed E-state index contributed by atoms with van der Waals surface area (Å²) in [6.45, 7) is 1.69. The van der Waals surface area contributed by atoms with Crippen LogP contribution in [0.4, 0.5) is 0 Å². The van der Waals surface area contributed by atoms with Crippen LogP contribution in [0.1, 0.15) is 42.9 Å². The van der Waals surface area contributed by atoms with Gasteiger partial charge in [0.25, 0.3) is 0 Å². The Labute approximate surface area is 154 Å². The van der Waals surface area contributed by atoms with E-state index in [2.05, 4.69) is 22.8 Å². The lowest BCUT2D eigenvalue weighted by atomic mass is 9.86. The fourth-order valence-electron chi connectivity index (χ4n) is 3.53. The highest BCUT2D eigenvalue weighted by Gasteiger charge is 2.33. The Morgan fingerprint density at radius 3 is 2.19 bits per heavy atom. The Morgan fingerprint density at radius 2 is 1.62 bits per heavy atom. The summed E-state index contributed by atoms with van der Waals surface area (Å²) in [5.74, 6) is -0.360. The van der Waals surface area contributed by atoms with Crippen LogP contribution in [0.5, 0.6) is 0 Å². The van der Waals surface area contributed by atoms with Crippen LogP contribution in [0.3, 0.4) is 0 Å². The van der Waals surface area contributed by atoms with Crippen LogP contribution in [0.25, 0.3) is 0 Å². The number of carbonyl (C=O) groups is 2. The first-order valence-corrected chi connectivity index (χ1v) is 9.00. The van der Waals surface area contributed by atoms with Gasteiger partial charge in [-0.1, -0.05) is 60.7 Å². The summed E-state index contributed by atoms with van der Waals surface area (Å²) in [7, 11) is 0. The zero-order chi connectivity index (χ0) is 18.5. The first kappa shape index (κ1) is 18.1. The molecule has 1 aliphatic rings. The van der Waals surface area contributed by atoms with E-state index >= 15 is 0 Å². The minimum atomic E-state index is -0.560. The molecule has 136 valence electrons. The van der Waals surface area contributed by atoms with Crippen molar-refractivity contribution in [1.29, 1.82) is 0 Å². The first-order valence-electron chi connectivity index (χ1n) is 9.00. The molecule has 0 spiro atoms. The van der Waals surface area contributed by atoms with Crippen molar-refractivity contribution >= 4 is 11.8 Å². The zero-order valence-electron chi connectivity index (χ0n) is 14.9. The summed E-state index contributed by atoms with van der Waals surface area (Å²) in [5.41, 5.74) is 7.65. The molecule has 2 amide bonds. The number of rotatable bonds is 5. The van der Waals surface area contributed by atoms with Gasteiger partial charge < -0.3 is 11.1 Å². The molecule has 0 unspecified atom stereocenters. The number of primary amides is 1. The van der Waals surface area contributed by atoms with E-state index < -0.39 is 18.0 Å². The Morgan fingerprint density at radius 1 is 1.04 bits per heavy atom. The van der Waals surface area contributed by atoms with E-state index in [0.29, 0.717) is 6.42 Å². The third kappa shape index (κ3) is 4.29. The molecule has 2 aromatic carbocycles. The molecule has 5 nitrogen and oxygen atoms in total. The van der Waals surface area contributed by atoms with E-state index in [1.165, 1.54) is 5.56 Å². The molecule has 0 aliphatic carbocycles. The maximum Gasteiger partial charge on any atom is 0.237 e. The third-order valence-electron chi connectivity index (χ3n) is 5.02. The summed E-state index contributed by atoms with van der Waals surface area (Å²) >= 11 is 0. The summed E-state index contributed by atoms with van der Waals surface area (Å²) in [6.07, 6.45) is 1.43. The van der Waals surface area contributed by atoms with Gasteiger partial charge in [-0.25, -0.2) is 0 Å². The number of nitrogens with two attached hydrogens (primary N) is 1. The van der Waals surface area contributed by atoms with Gasteiger partial charge in [0.15, 0.2) is 0 Å². The normalized spacial score (nSPS) is 24.3. The molecule has 2 aromatic rings. The van der Waals surface area contributed by atoms with E-state index in [9.17, 15) is 9.59 Å². The highest BCUT2D eigenvalue weighted by atomic mass is 16.2. The molecule has 1 heterocycles. The highest BCUT2D eigenvalue weighted by Crippen LogP contribution is 2.34. The molecule has 1 aliphatic heterocycles. The summed E-state index contributed by atoms with van der Waals surface area (Å²) in [6, 6.07) is 19.1. The lowest BCUT2D eigenvalue weighted by molar-refractivity contribution is -0.124. The zero-order valence-corrected chi connectivity index (χ0v) is 14.9. The van der Waals surface area contributed by atoms with Crippen molar-refractivity contribution < 1.29 is 9.59 Å². The van der Waals surface area contributed by atoms with Crippen LogP contribution in [-0.4, -0.2) is 23.9 Å². The standard InChI is InChI=1S/C21H25N3O2/c1-14(20(22)25)23-19-13-17(15-8-4-2-5-9-15)12-18(24-21(19)26)16-10-6-3-7-11-16/h2-11,14,17-19,23H,12-13H2,1H3,(H2,22,25)(H,24,26)/t14-,17+,18+,19-/m0/s1. The first-order chi connectivity index (χ1) is 12.5. The second-order valence-corrected chi connectivity index (χ2v) is 6.89. The molecule has 1 saturated heterocycles. The van der Waals surface area contributed by atoms with E-state index in [4.69, 9.17) is 5.73 Å². The number of amides is 2. The molecule has 0 bridgehead atoms. The lowest BCUT2D eigenvalue weighted by Gasteiger charge is -2.22. The molecule has 5 heteroatoms. The van der Waals surface area contributed by atoms with Crippen molar-refractivity contribution in [2.24, 2.45) is 5.73 Å². The maximum atomic E-state index is 12.8. The Hall–Kier alpha value is -2.66. The molecule has 1 fully saturated rings. The molecule has 0 saturated carbocycles. The van der Waals surface area contributed by atoms with Gasteiger partial charge in [0.1, 0.15) is 0 Å². The number of nitrogens with one attached hydrogen (secondary N) is 2. The quantitative estimate of drug-likeness (QED) is 0.772. The third-order valence-corrected chi connectivity index (χ3v) is 5.02. The minimum Gasteiger partial charge on any atom is -0.368 e. The van der Waals surface area contributed by atoms with E-state index in [1.54, 1.807) is 6.92 Å². The van der Waals surface area contributed by atoms with Gasteiger partial charge in [0.2, 0.25) is 11.8 Å². The summed E-state index contributed by atoms with van der Waals surface area (Å²) < 4.78 is 0. The average Bonchev–Trinajstić information content (AvgIpc) is 2.82. The Bertz CT molecular complexity index is 748. The summed E-state index contributed by atoms with van der Waals surface area (Å²) in [5, 5.41) is 6.23. The predicted octanol–water partition coefficient (Wildman–Crippen LogP) is 2.25. The Balaban J connectivity index is 1.89. The van der Waals surface area contributed by atoms with Crippen molar-refractivity contribution in [2.75, 3.05) is 0 Å². The average molecular weight is 351 g/mol. The second-order valence-electron chi connectivity index (χ2n) is 6.89. The van der Waals surface area contributed by atoms with Gasteiger partial charge in [-0.05, 0) is 36.8 Å². The monoisotopic (exact) mass is 351 g/mol. The van der Waals surface area contributed by atoms with Crippen molar-refractivity contribution in [1.82, 2.24) is 10.6 Å². The van der Waals surface area contributed by atoms with E-state index in [0.717, 1.165) is 12.0 Å². The van der Waals surface area contributed by atoms with Crippen LogP contribution in [0, 0.1) is 0 Å².